The minimum Gasteiger partial charge on any atom is -0.454 e. The Hall–Kier alpha value is -3.13. The lowest BCUT2D eigenvalue weighted by Gasteiger charge is -2.17. The molecule has 1 aliphatic heterocycles. The summed E-state index contributed by atoms with van der Waals surface area (Å²) in [6, 6.07) is 10.9. The zero-order chi connectivity index (χ0) is 20.1. The zero-order valence-corrected chi connectivity index (χ0v) is 15.8. The maximum atomic E-state index is 12.9. The quantitative estimate of drug-likeness (QED) is 0.658. The summed E-state index contributed by atoms with van der Waals surface area (Å²) in [6.45, 7) is 2.34. The van der Waals surface area contributed by atoms with Crippen molar-refractivity contribution in [1.82, 2.24) is 5.32 Å². The van der Waals surface area contributed by atoms with Crippen molar-refractivity contribution in [2.45, 2.75) is 13.0 Å². The molecule has 148 valence electrons. The fourth-order valence-electron chi connectivity index (χ4n) is 2.91. The van der Waals surface area contributed by atoms with Gasteiger partial charge in [0.15, 0.2) is 24.6 Å². The van der Waals surface area contributed by atoms with Gasteiger partial charge in [0.25, 0.3) is 11.8 Å². The van der Waals surface area contributed by atoms with Gasteiger partial charge in [0.1, 0.15) is 5.82 Å². The third-order valence-corrected chi connectivity index (χ3v) is 4.33. The Bertz CT molecular complexity index is 857. The average Bonchev–Trinajstić information content (AvgIpc) is 3.10. The van der Waals surface area contributed by atoms with Crippen LogP contribution in [-0.2, 0) is 9.59 Å². The fourth-order valence-corrected chi connectivity index (χ4v) is 2.91. The molecule has 0 saturated carbocycles. The number of anilines is 1. The van der Waals surface area contributed by atoms with Gasteiger partial charge in [-0.05, 0) is 48.9 Å². The van der Waals surface area contributed by atoms with Crippen molar-refractivity contribution in [3.05, 3.63) is 53.8 Å². The molecular weight excluding hydrogens is 365 g/mol. The first-order valence-corrected chi connectivity index (χ1v) is 8.96. The van der Waals surface area contributed by atoms with Crippen LogP contribution >= 0.6 is 0 Å². The summed E-state index contributed by atoms with van der Waals surface area (Å²) in [7, 11) is 1.76. The molecule has 3 rings (SSSR count). The van der Waals surface area contributed by atoms with Crippen LogP contribution in [0.2, 0.25) is 0 Å². The summed E-state index contributed by atoms with van der Waals surface area (Å²) in [5, 5.41) is 5.60. The second kappa shape index (κ2) is 8.71. The van der Waals surface area contributed by atoms with Crippen LogP contribution in [0.3, 0.4) is 0 Å². The van der Waals surface area contributed by atoms with Gasteiger partial charge in [-0.1, -0.05) is 6.07 Å². The van der Waals surface area contributed by atoms with Crippen LogP contribution in [0.1, 0.15) is 18.5 Å². The summed E-state index contributed by atoms with van der Waals surface area (Å²) in [5.74, 6) is 0.574. The van der Waals surface area contributed by atoms with Gasteiger partial charge >= 0.3 is 0 Å². The van der Waals surface area contributed by atoms with E-state index >= 15 is 0 Å². The first-order chi connectivity index (χ1) is 13.4. The average molecular weight is 388 g/mol. The van der Waals surface area contributed by atoms with Crippen molar-refractivity contribution in [1.29, 1.82) is 0 Å². The van der Waals surface area contributed by atoms with Crippen molar-refractivity contribution >= 4 is 17.5 Å². The molecule has 2 aromatic rings. The maximum Gasteiger partial charge on any atom is 0.279 e. The second-order valence-electron chi connectivity index (χ2n) is 6.77. The van der Waals surface area contributed by atoms with Crippen LogP contribution in [0, 0.1) is 5.82 Å². The van der Waals surface area contributed by atoms with Crippen LogP contribution < -0.4 is 25.0 Å². The molecule has 0 bridgehead atoms. The number of rotatable bonds is 7. The molecule has 28 heavy (non-hydrogen) atoms. The second-order valence-corrected chi connectivity index (χ2v) is 6.77. The number of quaternary nitrogens is 1. The van der Waals surface area contributed by atoms with Gasteiger partial charge in [0.05, 0.1) is 13.1 Å². The van der Waals surface area contributed by atoms with E-state index in [4.69, 9.17) is 9.47 Å². The maximum absolute atomic E-state index is 12.9. The summed E-state index contributed by atoms with van der Waals surface area (Å²) in [4.78, 5) is 25.1. The Morgan fingerprint density at radius 2 is 1.75 bits per heavy atom. The molecule has 0 aromatic heterocycles. The van der Waals surface area contributed by atoms with E-state index in [9.17, 15) is 14.0 Å². The zero-order valence-electron chi connectivity index (χ0n) is 15.8. The molecule has 1 aliphatic rings. The Balaban J connectivity index is 1.45. The van der Waals surface area contributed by atoms with E-state index in [1.54, 1.807) is 7.05 Å². The summed E-state index contributed by atoms with van der Waals surface area (Å²) >= 11 is 0. The lowest BCUT2D eigenvalue weighted by molar-refractivity contribution is -0.862. The lowest BCUT2D eigenvalue weighted by Crippen LogP contribution is -3.11. The fraction of sp³-hybridized carbons (Fsp3) is 0.300. The van der Waals surface area contributed by atoms with E-state index in [1.165, 1.54) is 24.3 Å². The number of nitrogens with one attached hydrogen (secondary N) is 3. The predicted molar refractivity (Wildman–Crippen MR) is 101 cm³/mol. The van der Waals surface area contributed by atoms with Crippen molar-refractivity contribution in [3.63, 3.8) is 0 Å². The highest BCUT2D eigenvalue weighted by Crippen LogP contribution is 2.34. The van der Waals surface area contributed by atoms with Crippen molar-refractivity contribution in [2.24, 2.45) is 0 Å². The van der Waals surface area contributed by atoms with E-state index in [-0.39, 0.29) is 43.6 Å². The molecule has 0 fully saturated rings. The molecule has 8 heteroatoms. The van der Waals surface area contributed by atoms with Crippen molar-refractivity contribution < 1.29 is 28.4 Å². The smallest absolute Gasteiger partial charge is 0.279 e. The van der Waals surface area contributed by atoms with Crippen molar-refractivity contribution in [3.8, 4) is 11.5 Å². The van der Waals surface area contributed by atoms with Crippen molar-refractivity contribution in [2.75, 3.05) is 32.2 Å². The number of fused-ring (bicyclic) bond motifs is 1. The number of hydrogen-bond donors (Lipinski definition) is 3. The summed E-state index contributed by atoms with van der Waals surface area (Å²) in [6.07, 6.45) is 0. The minimum absolute atomic E-state index is 0.114. The number of hydrogen-bond acceptors (Lipinski definition) is 4. The van der Waals surface area contributed by atoms with Crippen LogP contribution in [-0.4, -0.2) is 38.7 Å². The van der Waals surface area contributed by atoms with E-state index in [1.807, 2.05) is 25.1 Å². The van der Waals surface area contributed by atoms with Gasteiger partial charge in [-0.15, -0.1) is 0 Å². The largest absolute Gasteiger partial charge is 0.454 e. The first-order valence-electron chi connectivity index (χ1n) is 8.96. The van der Waals surface area contributed by atoms with E-state index in [0.29, 0.717) is 17.2 Å². The SMILES string of the molecule is C[C@H](NC(=O)C[NH+](C)CC(=O)Nc1ccc(F)cc1)c1ccc2c(c1)OCO2. The molecule has 1 unspecified atom stereocenters. The van der Waals surface area contributed by atoms with Crippen LogP contribution in [0.25, 0.3) is 0 Å². The molecule has 7 nitrogen and oxygen atoms in total. The highest BCUT2D eigenvalue weighted by molar-refractivity contribution is 5.91. The Kier molecular flexibility index (Phi) is 6.10. The molecule has 2 atom stereocenters. The predicted octanol–water partition coefficient (Wildman–Crippen LogP) is 0.885. The lowest BCUT2D eigenvalue weighted by atomic mass is 10.1. The molecule has 2 aromatic carbocycles. The third-order valence-electron chi connectivity index (χ3n) is 4.33. The summed E-state index contributed by atoms with van der Waals surface area (Å²) < 4.78 is 23.5. The van der Waals surface area contributed by atoms with Gasteiger partial charge in [-0.2, -0.15) is 0 Å². The number of carbonyl (C=O) groups is 2. The highest BCUT2D eigenvalue weighted by atomic mass is 19.1. The molecular formula is C20H23FN3O4+. The number of ether oxygens (including phenoxy) is 2. The highest BCUT2D eigenvalue weighted by Gasteiger charge is 2.19. The summed E-state index contributed by atoms with van der Waals surface area (Å²) in [5.41, 5.74) is 1.42. The molecule has 0 radical (unpaired) electrons. The van der Waals surface area contributed by atoms with Gasteiger partial charge in [-0.25, -0.2) is 4.39 Å². The molecule has 3 N–H and O–H groups in total. The topological polar surface area (TPSA) is 81.1 Å². The third kappa shape index (κ3) is 5.20. The number of likely N-dealkylation sites (N-methyl/N-ethyl adjacent to an activating group) is 1. The van der Waals surface area contributed by atoms with Gasteiger partial charge < -0.3 is 25.0 Å². The number of amides is 2. The van der Waals surface area contributed by atoms with Crippen LogP contribution in [0.15, 0.2) is 42.5 Å². The Morgan fingerprint density at radius 1 is 1.07 bits per heavy atom. The van der Waals surface area contributed by atoms with E-state index in [0.717, 1.165) is 10.5 Å². The Labute approximate surface area is 162 Å². The molecule has 0 saturated heterocycles. The van der Waals surface area contributed by atoms with Gasteiger partial charge in [0, 0.05) is 5.69 Å². The number of carbonyl (C=O) groups excluding carboxylic acids is 2. The standard InChI is InChI=1S/C20H22FN3O4/c1-13(14-3-8-17-18(9-14)28-12-27-17)22-19(25)10-24(2)11-20(26)23-16-6-4-15(21)5-7-16/h3-9,13H,10-12H2,1-2H3,(H,22,25)(H,23,26)/p+1/t13-/m0/s1. The Morgan fingerprint density at radius 3 is 2.50 bits per heavy atom. The molecule has 0 aliphatic carbocycles. The van der Waals surface area contributed by atoms with Crippen LogP contribution in [0.5, 0.6) is 11.5 Å². The van der Waals surface area contributed by atoms with Crippen LogP contribution in [0.4, 0.5) is 10.1 Å². The molecule has 1 heterocycles. The number of halogens is 1. The first kappa shape index (κ1) is 19.6. The van der Waals surface area contributed by atoms with Gasteiger partial charge in [-0.3, -0.25) is 9.59 Å². The van der Waals surface area contributed by atoms with E-state index < -0.39 is 0 Å². The molecule has 0 spiro atoms. The van der Waals surface area contributed by atoms with Gasteiger partial charge in [0.2, 0.25) is 6.79 Å². The normalized spacial score (nSPS) is 14.2. The monoisotopic (exact) mass is 388 g/mol. The number of benzene rings is 2. The van der Waals surface area contributed by atoms with E-state index in [2.05, 4.69) is 10.6 Å². The molecule has 2 amide bonds. The minimum atomic E-state index is -0.367.